The van der Waals surface area contributed by atoms with Gasteiger partial charge in [-0.3, -0.25) is 9.59 Å². The Morgan fingerprint density at radius 2 is 1.92 bits per heavy atom. The number of carboxylic acid groups (broad SMARTS) is 1. The number of hydrogen-bond donors (Lipinski definition) is 1. The number of likely N-dealkylation sites (tertiary alicyclic amines) is 1. The third-order valence-corrected chi connectivity index (χ3v) is 4.87. The SMILES string of the molecule is COC1CC(CC(=O)O)N(C(=O)c2ccc(N3CCOCC3)cc2)C1. The van der Waals surface area contributed by atoms with Crippen LogP contribution in [0.2, 0.25) is 0 Å². The van der Waals surface area contributed by atoms with Crippen LogP contribution < -0.4 is 4.90 Å². The highest BCUT2D eigenvalue weighted by molar-refractivity contribution is 5.95. The zero-order valence-electron chi connectivity index (χ0n) is 14.4. The van der Waals surface area contributed by atoms with Crippen molar-refractivity contribution in [2.24, 2.45) is 0 Å². The molecule has 2 saturated heterocycles. The maximum Gasteiger partial charge on any atom is 0.305 e. The van der Waals surface area contributed by atoms with Gasteiger partial charge in [-0.25, -0.2) is 0 Å². The summed E-state index contributed by atoms with van der Waals surface area (Å²) in [5.41, 5.74) is 1.64. The number of carboxylic acids is 1. The first-order chi connectivity index (χ1) is 12.1. The van der Waals surface area contributed by atoms with Crippen molar-refractivity contribution in [2.75, 3.05) is 44.9 Å². The summed E-state index contributed by atoms with van der Waals surface area (Å²) in [6, 6.07) is 7.17. The first-order valence-corrected chi connectivity index (χ1v) is 8.57. The van der Waals surface area contributed by atoms with Gasteiger partial charge in [0.15, 0.2) is 0 Å². The van der Waals surface area contributed by atoms with Gasteiger partial charge in [-0.2, -0.15) is 0 Å². The Hall–Kier alpha value is -2.12. The van der Waals surface area contributed by atoms with Gasteiger partial charge in [-0.15, -0.1) is 0 Å². The fourth-order valence-corrected chi connectivity index (χ4v) is 3.49. The van der Waals surface area contributed by atoms with Crippen LogP contribution >= 0.6 is 0 Å². The second-order valence-electron chi connectivity index (χ2n) is 6.45. The molecule has 25 heavy (non-hydrogen) atoms. The number of carbonyl (C=O) groups excluding carboxylic acids is 1. The van der Waals surface area contributed by atoms with Gasteiger partial charge in [-0.05, 0) is 30.7 Å². The molecule has 1 amide bonds. The number of benzene rings is 1. The molecule has 0 aliphatic carbocycles. The minimum absolute atomic E-state index is 0.0581. The summed E-state index contributed by atoms with van der Waals surface area (Å²) in [6.07, 6.45) is 0.388. The van der Waals surface area contributed by atoms with Crippen LogP contribution in [0.5, 0.6) is 0 Å². The van der Waals surface area contributed by atoms with Gasteiger partial charge in [0.1, 0.15) is 0 Å². The number of anilines is 1. The van der Waals surface area contributed by atoms with Crippen molar-refractivity contribution in [3.8, 4) is 0 Å². The van der Waals surface area contributed by atoms with Crippen LogP contribution in [0.3, 0.4) is 0 Å². The van der Waals surface area contributed by atoms with Crippen molar-refractivity contribution in [1.29, 1.82) is 0 Å². The van der Waals surface area contributed by atoms with E-state index in [4.69, 9.17) is 14.6 Å². The predicted octanol–water partition coefficient (Wildman–Crippen LogP) is 1.23. The van der Waals surface area contributed by atoms with E-state index in [0.29, 0.717) is 31.7 Å². The van der Waals surface area contributed by atoms with Crippen LogP contribution in [0.15, 0.2) is 24.3 Å². The third kappa shape index (κ3) is 4.11. The molecule has 7 nitrogen and oxygen atoms in total. The largest absolute Gasteiger partial charge is 0.481 e. The van der Waals surface area contributed by atoms with Crippen LogP contribution in [-0.2, 0) is 14.3 Å². The van der Waals surface area contributed by atoms with Crippen molar-refractivity contribution in [3.63, 3.8) is 0 Å². The van der Waals surface area contributed by atoms with Gasteiger partial charge in [0.25, 0.3) is 5.91 Å². The normalized spacial score (nSPS) is 23.7. The fraction of sp³-hybridized carbons (Fsp3) is 0.556. The fourth-order valence-electron chi connectivity index (χ4n) is 3.49. The average molecular weight is 348 g/mol. The first kappa shape index (κ1) is 17.7. The second-order valence-corrected chi connectivity index (χ2v) is 6.45. The molecule has 3 rings (SSSR count). The molecule has 0 radical (unpaired) electrons. The van der Waals surface area contributed by atoms with E-state index in [1.807, 2.05) is 24.3 Å². The molecule has 2 atom stereocenters. The lowest BCUT2D eigenvalue weighted by molar-refractivity contribution is -0.137. The Bertz CT molecular complexity index is 612. The van der Waals surface area contributed by atoms with E-state index in [2.05, 4.69) is 4.90 Å². The summed E-state index contributed by atoms with van der Waals surface area (Å²) in [5.74, 6) is -1.04. The lowest BCUT2D eigenvalue weighted by atomic mass is 10.1. The molecule has 2 heterocycles. The zero-order valence-corrected chi connectivity index (χ0v) is 14.4. The highest BCUT2D eigenvalue weighted by Gasteiger charge is 2.36. The molecule has 1 N–H and O–H groups in total. The van der Waals surface area contributed by atoms with E-state index >= 15 is 0 Å². The van der Waals surface area contributed by atoms with E-state index in [1.165, 1.54) is 0 Å². The zero-order chi connectivity index (χ0) is 17.8. The van der Waals surface area contributed by atoms with Crippen LogP contribution in [0, 0.1) is 0 Å². The number of ether oxygens (including phenoxy) is 2. The Morgan fingerprint density at radius 1 is 1.24 bits per heavy atom. The van der Waals surface area contributed by atoms with Gasteiger partial charge in [0.2, 0.25) is 0 Å². The highest BCUT2D eigenvalue weighted by atomic mass is 16.5. The third-order valence-electron chi connectivity index (χ3n) is 4.87. The number of nitrogens with zero attached hydrogens (tertiary/aromatic N) is 2. The highest BCUT2D eigenvalue weighted by Crippen LogP contribution is 2.25. The van der Waals surface area contributed by atoms with Gasteiger partial charge in [0, 0.05) is 44.0 Å². The summed E-state index contributed by atoms with van der Waals surface area (Å²) in [4.78, 5) is 27.8. The molecule has 1 aromatic carbocycles. The van der Waals surface area contributed by atoms with Crippen molar-refractivity contribution < 1.29 is 24.2 Å². The maximum atomic E-state index is 12.8. The van der Waals surface area contributed by atoms with Crippen LogP contribution in [0.4, 0.5) is 5.69 Å². The number of morpholine rings is 1. The molecule has 0 bridgehead atoms. The number of methoxy groups -OCH3 is 1. The van der Waals surface area contributed by atoms with E-state index in [-0.39, 0.29) is 24.5 Å². The first-order valence-electron chi connectivity index (χ1n) is 8.57. The van der Waals surface area contributed by atoms with Crippen LogP contribution in [-0.4, -0.2) is 74.0 Å². The molecule has 2 aliphatic heterocycles. The van der Waals surface area contributed by atoms with Gasteiger partial charge in [0.05, 0.1) is 25.7 Å². The number of carbonyl (C=O) groups is 2. The Morgan fingerprint density at radius 3 is 2.52 bits per heavy atom. The average Bonchev–Trinajstić information content (AvgIpc) is 3.04. The summed E-state index contributed by atoms with van der Waals surface area (Å²) in [5, 5.41) is 9.09. The van der Waals surface area contributed by atoms with Gasteiger partial charge in [-0.1, -0.05) is 0 Å². The summed E-state index contributed by atoms with van der Waals surface area (Å²) in [6.45, 7) is 3.54. The minimum atomic E-state index is -0.901. The predicted molar refractivity (Wildman–Crippen MR) is 92.0 cm³/mol. The molecule has 136 valence electrons. The molecule has 1 aromatic rings. The van der Waals surface area contributed by atoms with Crippen LogP contribution in [0.25, 0.3) is 0 Å². The maximum absolute atomic E-state index is 12.8. The van der Waals surface area contributed by atoms with Crippen molar-refractivity contribution >= 4 is 17.6 Å². The summed E-state index contributed by atoms with van der Waals surface area (Å²) < 4.78 is 10.7. The number of amides is 1. The lowest BCUT2D eigenvalue weighted by Crippen LogP contribution is -2.37. The standard InChI is InChI=1S/C18H24N2O5/c1-24-16-10-15(11-17(21)22)20(12-16)18(23)13-2-4-14(5-3-13)19-6-8-25-9-7-19/h2-5,15-16H,6-12H2,1H3,(H,21,22). The van der Waals surface area contributed by atoms with Gasteiger partial charge < -0.3 is 24.4 Å². The van der Waals surface area contributed by atoms with E-state index in [0.717, 1.165) is 18.8 Å². The Kier molecular flexibility index (Phi) is 5.55. The van der Waals surface area contributed by atoms with Crippen molar-refractivity contribution in [2.45, 2.75) is 25.0 Å². The van der Waals surface area contributed by atoms with Crippen molar-refractivity contribution in [1.82, 2.24) is 4.90 Å². The molecule has 0 saturated carbocycles. The molecule has 2 aliphatic rings. The summed E-state index contributed by atoms with van der Waals surface area (Å²) >= 11 is 0. The van der Waals surface area contributed by atoms with Gasteiger partial charge >= 0.3 is 5.97 Å². The lowest BCUT2D eigenvalue weighted by Gasteiger charge is -2.29. The quantitative estimate of drug-likeness (QED) is 0.862. The van der Waals surface area contributed by atoms with E-state index in [1.54, 1.807) is 12.0 Å². The number of hydrogen-bond acceptors (Lipinski definition) is 5. The molecule has 2 fully saturated rings. The smallest absolute Gasteiger partial charge is 0.305 e. The van der Waals surface area contributed by atoms with Crippen molar-refractivity contribution in [3.05, 3.63) is 29.8 Å². The molecular formula is C18H24N2O5. The molecule has 7 heteroatoms. The topological polar surface area (TPSA) is 79.3 Å². The van der Waals surface area contributed by atoms with E-state index < -0.39 is 5.97 Å². The summed E-state index contributed by atoms with van der Waals surface area (Å²) in [7, 11) is 1.59. The monoisotopic (exact) mass is 348 g/mol. The Labute approximate surface area is 147 Å². The number of aliphatic carboxylic acids is 1. The number of rotatable bonds is 5. The molecule has 0 aromatic heterocycles. The molecular weight excluding hydrogens is 324 g/mol. The van der Waals surface area contributed by atoms with Crippen LogP contribution in [0.1, 0.15) is 23.2 Å². The molecule has 0 spiro atoms. The minimum Gasteiger partial charge on any atom is -0.481 e. The Balaban J connectivity index is 1.71. The van der Waals surface area contributed by atoms with E-state index in [9.17, 15) is 9.59 Å². The molecule has 2 unspecified atom stereocenters. The second kappa shape index (κ2) is 7.84.